The molecule has 9 aliphatic rings. The van der Waals surface area contributed by atoms with Crippen molar-refractivity contribution in [2.75, 3.05) is 26.9 Å². The van der Waals surface area contributed by atoms with Crippen LogP contribution in [0.2, 0.25) is 0 Å². The Labute approximate surface area is 368 Å². The van der Waals surface area contributed by atoms with E-state index in [1.807, 2.05) is 36.8 Å². The number of hydrogen-bond acceptors (Lipinski definition) is 12. The highest BCUT2D eigenvalue weighted by Gasteiger charge is 2.59. The molecule has 1 amide bonds. The van der Waals surface area contributed by atoms with Crippen molar-refractivity contribution in [3.05, 3.63) is 116 Å². The van der Waals surface area contributed by atoms with Crippen LogP contribution in [0.4, 0.5) is 0 Å². The molecule has 64 heavy (non-hydrogen) atoms. The predicted octanol–water partition coefficient (Wildman–Crippen LogP) is 5.16. The quantitative estimate of drug-likeness (QED) is 0.202. The molecule has 2 fully saturated rings. The van der Waals surface area contributed by atoms with E-state index in [-0.39, 0.29) is 66.3 Å². The van der Waals surface area contributed by atoms with Crippen LogP contribution in [-0.2, 0) is 33.6 Å². The second-order valence-corrected chi connectivity index (χ2v) is 18.0. The minimum Gasteiger partial charge on any atom is -0.506 e. The van der Waals surface area contributed by atoms with E-state index in [4.69, 9.17) is 23.7 Å². The Morgan fingerprint density at radius 3 is 2.86 bits per heavy atom. The lowest BCUT2D eigenvalue weighted by atomic mass is 9.69. The third-order valence-electron chi connectivity index (χ3n) is 14.7. The summed E-state index contributed by atoms with van der Waals surface area (Å²) < 4.78 is 32.4. The van der Waals surface area contributed by atoms with Crippen LogP contribution >= 0.6 is 0 Å². The van der Waals surface area contributed by atoms with Crippen molar-refractivity contribution < 1.29 is 53.7 Å². The minimum absolute atomic E-state index is 0.00870. The van der Waals surface area contributed by atoms with Crippen LogP contribution in [0.5, 0.6) is 17.2 Å². The first-order chi connectivity index (χ1) is 31.2. The van der Waals surface area contributed by atoms with Crippen LogP contribution in [0, 0.1) is 24.4 Å². The zero-order valence-electron chi connectivity index (χ0n) is 35.0. The number of aliphatic imine (C=N–C) groups is 1. The zero-order valence-corrected chi connectivity index (χ0v) is 35.0. The zero-order chi connectivity index (χ0) is 43.6. The summed E-state index contributed by atoms with van der Waals surface area (Å²) in [7, 11) is 1.57. The molecule has 0 spiro atoms. The SMILES string of the molecule is COc1c2c3c4c(O)c(c5c6c4c1CCC6=C[C@@H]1CCC[C@H]51)C(=O)CN1Cc4c(cccc4C1=O)CC#CO[C@H]1[C@H](O)[C@@H](CO[C@@H](C4=C5[CH+]C=CC=C5N=C4)/C=C\2)O[C@H](O3)[C@@]1(O)CO. The lowest BCUT2D eigenvalue weighted by Crippen LogP contribution is -2.70. The Hall–Kier alpha value is -6.14. The summed E-state index contributed by atoms with van der Waals surface area (Å²) in [5.74, 6) is 2.54. The first kappa shape index (κ1) is 39.5. The molecule has 12 rings (SSSR count). The summed E-state index contributed by atoms with van der Waals surface area (Å²) in [6.07, 6.45) is 15.1. The molecule has 4 N–H and O–H groups in total. The Morgan fingerprint density at radius 1 is 1.11 bits per heavy atom. The molecule has 1 saturated carbocycles. The van der Waals surface area contributed by atoms with Crippen LogP contribution in [0.3, 0.4) is 0 Å². The Balaban J connectivity index is 1.16. The number of carbonyl (C=O) groups excluding carboxylic acids is 2. The number of aliphatic hydroxyl groups is 3. The molecule has 0 unspecified atom stereocenters. The smallest absolute Gasteiger partial charge is 0.254 e. The van der Waals surface area contributed by atoms with E-state index >= 15 is 4.79 Å². The number of rotatable bonds is 3. The maximum atomic E-state index is 15.3. The van der Waals surface area contributed by atoms with Crippen molar-refractivity contribution >= 4 is 40.3 Å². The van der Waals surface area contributed by atoms with Crippen LogP contribution in [-0.4, -0.2) is 106 Å². The van der Waals surface area contributed by atoms with Crippen molar-refractivity contribution in [3.63, 3.8) is 0 Å². The molecule has 13 nitrogen and oxygen atoms in total. The molecule has 0 radical (unpaired) electrons. The van der Waals surface area contributed by atoms with Crippen LogP contribution in [0.1, 0.15) is 85.7 Å². The van der Waals surface area contributed by atoms with Crippen LogP contribution < -0.4 is 9.47 Å². The summed E-state index contributed by atoms with van der Waals surface area (Å²) in [6.45, 7) is -1.34. The van der Waals surface area contributed by atoms with Gasteiger partial charge in [-0.25, -0.2) is 0 Å². The third kappa shape index (κ3) is 5.63. The van der Waals surface area contributed by atoms with Gasteiger partial charge in [0, 0.05) is 54.1 Å². The summed E-state index contributed by atoms with van der Waals surface area (Å²) in [5, 5.41) is 49.7. The van der Waals surface area contributed by atoms with Crippen LogP contribution in [0.25, 0.3) is 22.4 Å². The number of Topliss-reactive ketones (excluding diaryl/α,β-unsaturated/α-hetero) is 1. The van der Waals surface area contributed by atoms with Crippen molar-refractivity contribution in [1.82, 2.24) is 4.90 Å². The first-order valence-electron chi connectivity index (χ1n) is 22.0. The molecule has 3 aromatic rings. The van der Waals surface area contributed by atoms with E-state index in [9.17, 15) is 25.2 Å². The van der Waals surface area contributed by atoms with Gasteiger partial charge < -0.3 is 49.0 Å². The van der Waals surface area contributed by atoms with Gasteiger partial charge in [0.15, 0.2) is 23.2 Å². The van der Waals surface area contributed by atoms with E-state index in [0.29, 0.717) is 35.1 Å². The highest BCUT2D eigenvalue weighted by molar-refractivity contribution is 6.17. The molecule has 1 saturated heterocycles. The van der Waals surface area contributed by atoms with Crippen molar-refractivity contribution in [3.8, 4) is 29.3 Å². The topological polar surface area (TPSA) is 177 Å². The summed E-state index contributed by atoms with van der Waals surface area (Å²) in [6, 6.07) is 5.36. The molecular weight excluding hydrogens is 817 g/mol. The van der Waals surface area contributed by atoms with Gasteiger partial charge in [0.1, 0.15) is 47.2 Å². The number of phenolic OH excluding ortho intramolecular Hbond substituents is 1. The molecule has 4 aliphatic carbocycles. The third-order valence-corrected chi connectivity index (χ3v) is 14.7. The molecule has 5 heterocycles. The maximum Gasteiger partial charge on any atom is 0.254 e. The molecule has 324 valence electrons. The second kappa shape index (κ2) is 14.7. The predicted molar refractivity (Wildman–Crippen MR) is 234 cm³/mol. The molecule has 8 bridgehead atoms. The minimum atomic E-state index is -2.45. The average molecular weight is 862 g/mol. The standard InChI is InChI=1S/C51H44N2O11/c1-60-46-31-15-14-27-19-26-8-5-11-28(26)40-39(27)41(31)43-45(57)42(40)36(55)22-53-21-34-25(7-4-12-30(34)49(53)58)9-6-18-61-48-44(56)38-23-62-37(33-20-52-35-13-3-2-10-29(33)35)17-16-32(46)47(43)64-50(63-38)51(48,59)24-54/h2-4,7,10,12-13,16-17,19-20,26,28,37-38,44,48,50,54,56,59H,5,8-9,11,14-15,21-24H2,1H3/p+1/b17-16-/t26-,28-,37+,38+,44+,48-,50+,51+/m0/s1. The van der Waals surface area contributed by atoms with E-state index in [1.165, 1.54) is 4.90 Å². The molecule has 0 aromatic heterocycles. The first-order valence-corrected chi connectivity index (χ1v) is 22.0. The van der Waals surface area contributed by atoms with Gasteiger partial charge in [-0.2, -0.15) is 4.99 Å². The largest absolute Gasteiger partial charge is 0.506 e. The van der Waals surface area contributed by atoms with Gasteiger partial charge in [0.05, 0.1) is 55.2 Å². The fourth-order valence-electron chi connectivity index (χ4n) is 11.7. The van der Waals surface area contributed by atoms with Gasteiger partial charge in [-0.1, -0.05) is 30.6 Å². The number of carbonyl (C=O) groups is 2. The number of nitrogens with zero attached hydrogens (tertiary/aromatic N) is 2. The number of aryl methyl sites for hydroxylation is 1. The fraction of sp³-hybridized carbons (Fsp3) is 0.373. The Morgan fingerprint density at radius 2 is 2.00 bits per heavy atom. The number of hydrogen-bond donors (Lipinski definition) is 4. The monoisotopic (exact) mass is 861 g/mol. The summed E-state index contributed by atoms with van der Waals surface area (Å²) in [4.78, 5) is 35.5. The summed E-state index contributed by atoms with van der Waals surface area (Å²) >= 11 is 0. The number of ketones is 1. The van der Waals surface area contributed by atoms with Gasteiger partial charge in [-0.15, -0.1) is 0 Å². The number of ether oxygens (including phenoxy) is 5. The highest BCUT2D eigenvalue weighted by atomic mass is 16.7. The van der Waals surface area contributed by atoms with Gasteiger partial charge >= 0.3 is 0 Å². The van der Waals surface area contributed by atoms with Crippen LogP contribution in [0.15, 0.2) is 70.4 Å². The number of benzene rings is 3. The number of aromatic hydroxyl groups is 1. The second-order valence-electron chi connectivity index (χ2n) is 18.0. The van der Waals surface area contributed by atoms with Gasteiger partial charge in [-0.3, -0.25) is 9.59 Å². The van der Waals surface area contributed by atoms with E-state index in [2.05, 4.69) is 23.1 Å². The maximum absolute atomic E-state index is 15.3. The van der Waals surface area contributed by atoms with Gasteiger partial charge in [0.25, 0.3) is 5.91 Å². The lowest BCUT2D eigenvalue weighted by Gasteiger charge is -2.47. The molecule has 13 heteroatoms. The summed E-state index contributed by atoms with van der Waals surface area (Å²) in [5.41, 5.74) is 5.84. The average Bonchev–Trinajstić information content (AvgIpc) is 4.03. The van der Waals surface area contributed by atoms with Crippen molar-refractivity contribution in [2.45, 2.75) is 87.3 Å². The van der Waals surface area contributed by atoms with E-state index in [0.717, 1.165) is 69.5 Å². The number of aliphatic hydroxyl groups excluding tert-OH is 2. The molecule has 8 atom stereocenters. The van der Waals surface area contributed by atoms with Crippen molar-refractivity contribution in [1.29, 1.82) is 0 Å². The lowest BCUT2D eigenvalue weighted by molar-refractivity contribution is -0.327. The number of phenols is 1. The van der Waals surface area contributed by atoms with Gasteiger partial charge in [0.2, 0.25) is 6.29 Å². The molecule has 3 aromatic carbocycles. The van der Waals surface area contributed by atoms with E-state index < -0.39 is 48.7 Å². The number of fused-ring (bicyclic) bond motifs is 8. The molecular formula is C51H45N2O11+. The van der Waals surface area contributed by atoms with Crippen molar-refractivity contribution in [2.24, 2.45) is 10.9 Å². The highest BCUT2D eigenvalue weighted by Crippen LogP contribution is 2.60. The number of amides is 1. The Kier molecular flexibility index (Phi) is 9.06. The van der Waals surface area contributed by atoms with Gasteiger partial charge in [-0.05, 0) is 83.6 Å². The number of allylic oxidation sites excluding steroid dienone is 6. The Bertz CT molecular complexity index is 2870. The normalized spacial score (nSPS) is 31.0. The number of methoxy groups -OCH3 is 1. The fourth-order valence-corrected chi connectivity index (χ4v) is 11.7. The molecule has 5 aliphatic heterocycles. The van der Waals surface area contributed by atoms with E-state index in [1.54, 1.807) is 31.5 Å².